The molecule has 0 spiro atoms. The molecule has 0 heterocycles. The Bertz CT molecular complexity index is 628. The fourth-order valence-corrected chi connectivity index (χ4v) is 2.33. The minimum absolute atomic E-state index is 0.0947. The highest BCUT2D eigenvalue weighted by molar-refractivity contribution is 7.89. The van der Waals surface area contributed by atoms with Crippen LogP contribution >= 0.6 is 11.6 Å². The second-order valence-electron chi connectivity index (χ2n) is 3.57. The van der Waals surface area contributed by atoms with Crippen LogP contribution in [0.2, 0.25) is 5.02 Å². The van der Waals surface area contributed by atoms with E-state index in [0.29, 0.717) is 0 Å². The molecule has 1 rings (SSSR count). The van der Waals surface area contributed by atoms with E-state index in [1.807, 2.05) is 0 Å². The van der Waals surface area contributed by atoms with E-state index < -0.39 is 33.5 Å². The SMILES string of the molecule is CCOC(=O)COC(=O)c1ccc(Cl)c(S(N)(=O)=O)c1. The van der Waals surface area contributed by atoms with Gasteiger partial charge in [0.15, 0.2) is 6.61 Å². The molecule has 2 N–H and O–H groups in total. The molecule has 0 aliphatic rings. The number of primary sulfonamides is 1. The molecule has 0 saturated carbocycles. The Balaban J connectivity index is 2.87. The summed E-state index contributed by atoms with van der Waals surface area (Å²) >= 11 is 5.67. The van der Waals surface area contributed by atoms with Gasteiger partial charge in [0.1, 0.15) is 4.90 Å². The first kappa shape index (κ1) is 16.4. The van der Waals surface area contributed by atoms with Crippen molar-refractivity contribution in [3.63, 3.8) is 0 Å². The average molecular weight is 322 g/mol. The number of halogens is 1. The highest BCUT2D eigenvalue weighted by Crippen LogP contribution is 2.21. The highest BCUT2D eigenvalue weighted by atomic mass is 35.5. The smallest absolute Gasteiger partial charge is 0.344 e. The van der Waals surface area contributed by atoms with Crippen LogP contribution in [0, 0.1) is 0 Å². The predicted molar refractivity (Wildman–Crippen MR) is 69.7 cm³/mol. The number of sulfonamides is 1. The van der Waals surface area contributed by atoms with Crippen molar-refractivity contribution < 1.29 is 27.5 Å². The molecule has 110 valence electrons. The number of carbonyl (C=O) groups excluding carboxylic acids is 2. The van der Waals surface area contributed by atoms with Gasteiger partial charge in [0.05, 0.1) is 17.2 Å². The van der Waals surface area contributed by atoms with E-state index in [1.54, 1.807) is 6.92 Å². The van der Waals surface area contributed by atoms with Crippen molar-refractivity contribution in [1.82, 2.24) is 0 Å². The van der Waals surface area contributed by atoms with E-state index in [0.717, 1.165) is 6.07 Å². The second-order valence-corrected chi connectivity index (χ2v) is 5.51. The molecule has 9 heteroatoms. The molecule has 0 amide bonds. The van der Waals surface area contributed by atoms with Crippen LogP contribution in [0.15, 0.2) is 23.1 Å². The van der Waals surface area contributed by atoms with Crippen LogP contribution in [0.3, 0.4) is 0 Å². The zero-order valence-corrected chi connectivity index (χ0v) is 12.0. The maximum Gasteiger partial charge on any atom is 0.344 e. The monoisotopic (exact) mass is 321 g/mol. The number of hydrogen-bond acceptors (Lipinski definition) is 6. The zero-order chi connectivity index (χ0) is 15.3. The summed E-state index contributed by atoms with van der Waals surface area (Å²) in [5.74, 6) is -1.60. The quantitative estimate of drug-likeness (QED) is 0.799. The van der Waals surface area contributed by atoms with Crippen molar-refractivity contribution in [2.45, 2.75) is 11.8 Å². The van der Waals surface area contributed by atoms with Crippen molar-refractivity contribution in [3.05, 3.63) is 28.8 Å². The van der Waals surface area contributed by atoms with Gasteiger partial charge in [-0.2, -0.15) is 0 Å². The molecule has 1 aromatic rings. The van der Waals surface area contributed by atoms with Gasteiger partial charge in [-0.25, -0.2) is 23.1 Å². The van der Waals surface area contributed by atoms with Crippen LogP contribution in [0.5, 0.6) is 0 Å². The first-order valence-corrected chi connectivity index (χ1v) is 7.33. The van der Waals surface area contributed by atoms with Gasteiger partial charge in [-0.15, -0.1) is 0 Å². The zero-order valence-electron chi connectivity index (χ0n) is 10.5. The highest BCUT2D eigenvalue weighted by Gasteiger charge is 2.17. The van der Waals surface area contributed by atoms with E-state index >= 15 is 0 Å². The van der Waals surface area contributed by atoms with Gasteiger partial charge in [-0.05, 0) is 25.1 Å². The maximum absolute atomic E-state index is 11.6. The molecule has 0 aliphatic carbocycles. The largest absolute Gasteiger partial charge is 0.463 e. The molecule has 0 saturated heterocycles. The summed E-state index contributed by atoms with van der Waals surface area (Å²) < 4.78 is 31.7. The summed E-state index contributed by atoms with van der Waals surface area (Å²) in [6.07, 6.45) is 0. The van der Waals surface area contributed by atoms with Crippen molar-refractivity contribution >= 4 is 33.6 Å². The number of benzene rings is 1. The Morgan fingerprint density at radius 2 is 1.95 bits per heavy atom. The minimum atomic E-state index is -4.06. The van der Waals surface area contributed by atoms with Gasteiger partial charge in [0, 0.05) is 0 Å². The molecule has 0 fully saturated rings. The predicted octanol–water partition coefficient (Wildman–Crippen LogP) is 0.707. The van der Waals surface area contributed by atoms with E-state index in [9.17, 15) is 18.0 Å². The lowest BCUT2D eigenvalue weighted by Gasteiger charge is -2.06. The van der Waals surface area contributed by atoms with E-state index in [4.69, 9.17) is 16.7 Å². The fourth-order valence-electron chi connectivity index (χ4n) is 1.26. The van der Waals surface area contributed by atoms with Crippen LogP contribution in [0.25, 0.3) is 0 Å². The number of ether oxygens (including phenoxy) is 2. The van der Waals surface area contributed by atoms with Gasteiger partial charge < -0.3 is 9.47 Å². The Kier molecular flexibility index (Phi) is 5.49. The molecular formula is C11H12ClNO6S. The molecule has 0 aliphatic heterocycles. The van der Waals surface area contributed by atoms with Gasteiger partial charge >= 0.3 is 11.9 Å². The van der Waals surface area contributed by atoms with E-state index in [2.05, 4.69) is 9.47 Å². The summed E-state index contributed by atoms with van der Waals surface area (Å²) in [6.45, 7) is 1.20. The maximum atomic E-state index is 11.6. The molecule has 20 heavy (non-hydrogen) atoms. The molecule has 0 bridgehead atoms. The third-order valence-corrected chi connectivity index (χ3v) is 3.49. The average Bonchev–Trinajstić information content (AvgIpc) is 2.35. The molecule has 0 atom stereocenters. The summed E-state index contributed by atoms with van der Waals surface area (Å²) in [4.78, 5) is 22.3. The van der Waals surface area contributed by atoms with E-state index in [1.165, 1.54) is 12.1 Å². The topological polar surface area (TPSA) is 113 Å². The first-order valence-electron chi connectivity index (χ1n) is 5.40. The van der Waals surface area contributed by atoms with E-state index in [-0.39, 0.29) is 17.2 Å². The van der Waals surface area contributed by atoms with Crippen molar-refractivity contribution in [2.75, 3.05) is 13.2 Å². The Morgan fingerprint density at radius 1 is 1.30 bits per heavy atom. The normalized spacial score (nSPS) is 10.9. The lowest BCUT2D eigenvalue weighted by molar-refractivity contribution is -0.146. The Morgan fingerprint density at radius 3 is 2.50 bits per heavy atom. The van der Waals surface area contributed by atoms with Crippen LogP contribution < -0.4 is 5.14 Å². The minimum Gasteiger partial charge on any atom is -0.463 e. The molecule has 7 nitrogen and oxygen atoms in total. The second kappa shape index (κ2) is 6.69. The van der Waals surface area contributed by atoms with Gasteiger partial charge in [0.2, 0.25) is 10.0 Å². The lowest BCUT2D eigenvalue weighted by Crippen LogP contribution is -2.17. The summed E-state index contributed by atoms with van der Waals surface area (Å²) in [5.41, 5.74) is -0.0947. The summed E-state index contributed by atoms with van der Waals surface area (Å²) in [5, 5.41) is 4.83. The third kappa shape index (κ3) is 4.48. The third-order valence-electron chi connectivity index (χ3n) is 2.10. The standard InChI is InChI=1S/C11H12ClNO6S/c1-2-18-10(14)6-19-11(15)7-3-4-8(12)9(5-7)20(13,16)17/h3-5H,2,6H2,1H3,(H2,13,16,17). The van der Waals surface area contributed by atoms with Crippen LogP contribution in [0.4, 0.5) is 0 Å². The number of esters is 2. The fraction of sp³-hybridized carbons (Fsp3) is 0.273. The first-order chi connectivity index (χ1) is 9.25. The van der Waals surface area contributed by atoms with Crippen LogP contribution in [0.1, 0.15) is 17.3 Å². The van der Waals surface area contributed by atoms with Crippen LogP contribution in [-0.2, 0) is 24.3 Å². The van der Waals surface area contributed by atoms with Gasteiger partial charge in [0.25, 0.3) is 0 Å². The van der Waals surface area contributed by atoms with Crippen molar-refractivity contribution in [2.24, 2.45) is 5.14 Å². The van der Waals surface area contributed by atoms with Crippen LogP contribution in [-0.4, -0.2) is 33.6 Å². The number of carbonyl (C=O) groups is 2. The molecule has 1 aromatic carbocycles. The van der Waals surface area contributed by atoms with Gasteiger partial charge in [-0.1, -0.05) is 11.6 Å². The molecular weight excluding hydrogens is 310 g/mol. The van der Waals surface area contributed by atoms with Crippen molar-refractivity contribution in [3.8, 4) is 0 Å². The Labute approximate surface area is 120 Å². The van der Waals surface area contributed by atoms with Gasteiger partial charge in [-0.3, -0.25) is 0 Å². The van der Waals surface area contributed by atoms with Crippen molar-refractivity contribution in [1.29, 1.82) is 0 Å². The number of rotatable bonds is 5. The number of hydrogen-bond donors (Lipinski definition) is 1. The Hall–Kier alpha value is -1.64. The molecule has 0 radical (unpaired) electrons. The lowest BCUT2D eigenvalue weighted by atomic mass is 10.2. The number of nitrogens with two attached hydrogens (primary N) is 1. The summed E-state index contributed by atoms with van der Waals surface area (Å²) in [6, 6.07) is 3.43. The molecule has 0 aromatic heterocycles. The summed E-state index contributed by atoms with van der Waals surface area (Å²) in [7, 11) is -4.06. The molecule has 0 unspecified atom stereocenters.